The number of piperidine rings is 2. The van der Waals surface area contributed by atoms with Crippen molar-refractivity contribution in [3.63, 3.8) is 0 Å². The number of carbonyl (C=O) groups is 6. The Morgan fingerprint density at radius 1 is 0.891 bits per heavy atom. The smallest absolute Gasteiger partial charge is 0.318 e. The molecule has 2 heterocycles. The molecule has 4 N–H and O–H groups in total. The van der Waals surface area contributed by atoms with Crippen LogP contribution in [0.25, 0.3) is 0 Å². The van der Waals surface area contributed by atoms with Crippen LogP contribution < -0.4 is 21.3 Å². The minimum absolute atomic E-state index is 0.0193. The largest absolute Gasteiger partial charge is 0.359 e. The van der Waals surface area contributed by atoms with E-state index in [2.05, 4.69) is 33.4 Å². The number of amides is 6. The van der Waals surface area contributed by atoms with Gasteiger partial charge in [0.05, 0.1) is 15.8 Å². The van der Waals surface area contributed by atoms with E-state index in [9.17, 15) is 28.8 Å². The van der Waals surface area contributed by atoms with Crippen LogP contribution in [0.4, 0.5) is 4.79 Å². The van der Waals surface area contributed by atoms with Crippen molar-refractivity contribution >= 4 is 70.2 Å². The predicted octanol–water partition coefficient (Wildman–Crippen LogP) is 5.38. The van der Waals surface area contributed by atoms with Crippen molar-refractivity contribution in [3.05, 3.63) is 69.7 Å². The average molecular weight is 820 g/mol. The van der Waals surface area contributed by atoms with Gasteiger partial charge in [0.2, 0.25) is 24.1 Å². The molecule has 2 aliphatic heterocycles. The highest BCUT2D eigenvalue weighted by Crippen LogP contribution is 2.25. The van der Waals surface area contributed by atoms with Gasteiger partial charge in [0, 0.05) is 65.1 Å². The quantitative estimate of drug-likeness (QED) is 0.123. The lowest BCUT2D eigenvalue weighted by Crippen LogP contribution is -2.56. The average Bonchev–Trinajstić information content (AvgIpc) is 3.17. The lowest BCUT2D eigenvalue weighted by Gasteiger charge is -2.37. The van der Waals surface area contributed by atoms with E-state index in [0.717, 1.165) is 56.0 Å². The molecule has 0 aromatic heterocycles. The molecule has 2 fully saturated rings. The van der Waals surface area contributed by atoms with Crippen LogP contribution in [-0.2, 0) is 36.8 Å². The minimum atomic E-state index is -0.764. The fourth-order valence-corrected chi connectivity index (χ4v) is 7.34. The molecule has 0 saturated carbocycles. The van der Waals surface area contributed by atoms with Gasteiger partial charge in [0.15, 0.2) is 5.12 Å². The van der Waals surface area contributed by atoms with E-state index in [0.29, 0.717) is 87.2 Å². The Bertz CT molecular complexity index is 1550. The number of urea groups is 1. The maximum Gasteiger partial charge on any atom is 0.318 e. The molecule has 2 atom stereocenters. The summed E-state index contributed by atoms with van der Waals surface area (Å²) in [7, 11) is 0. The fraction of sp³-hybridized carbons (Fsp3) is 0.550. The minimum Gasteiger partial charge on any atom is -0.359 e. The third-order valence-electron chi connectivity index (χ3n) is 9.46. The number of thioether (sulfide) groups is 1. The first-order valence-electron chi connectivity index (χ1n) is 19.2. The molecule has 6 amide bonds. The van der Waals surface area contributed by atoms with Crippen LogP contribution in [0.5, 0.6) is 0 Å². The maximum atomic E-state index is 14.0. The number of benzene rings is 2. The van der Waals surface area contributed by atoms with Crippen molar-refractivity contribution in [2.45, 2.75) is 90.1 Å². The lowest BCUT2D eigenvalue weighted by atomic mass is 9.90. The first-order valence-corrected chi connectivity index (χ1v) is 20.9. The van der Waals surface area contributed by atoms with Gasteiger partial charge >= 0.3 is 6.03 Å². The first kappa shape index (κ1) is 45.6. The molecule has 0 bridgehead atoms. The van der Waals surface area contributed by atoms with Crippen molar-refractivity contribution in [1.29, 1.82) is 0 Å². The number of rotatable bonds is 17. The third kappa shape index (κ3) is 17.7. The number of hydrogen-bond donors (Lipinski definition) is 4. The fourth-order valence-electron chi connectivity index (χ4n) is 6.59. The molecule has 0 spiro atoms. The van der Waals surface area contributed by atoms with E-state index in [1.165, 1.54) is 12.5 Å². The zero-order valence-corrected chi connectivity index (χ0v) is 34.3. The molecule has 4 rings (SSSR count). The Morgan fingerprint density at radius 3 is 2.29 bits per heavy atom. The summed E-state index contributed by atoms with van der Waals surface area (Å²) in [4.78, 5) is 75.7. The normalized spacial score (nSPS) is 16.2. The Hall–Kier alpha value is -3.81. The number of unbranched alkanes of at least 4 members (excludes halogenated alkanes) is 2. The highest BCUT2D eigenvalue weighted by Gasteiger charge is 2.32. The summed E-state index contributed by atoms with van der Waals surface area (Å²) in [6.45, 7) is 6.78. The topological polar surface area (TPSA) is 157 Å². The van der Waals surface area contributed by atoms with Crippen molar-refractivity contribution in [2.24, 2.45) is 5.92 Å². The van der Waals surface area contributed by atoms with E-state index in [1.54, 1.807) is 17.0 Å². The first-order chi connectivity index (χ1) is 26.5. The Balaban J connectivity index is 0.00000152. The molecule has 0 aliphatic carbocycles. The summed E-state index contributed by atoms with van der Waals surface area (Å²) in [5, 5.41) is 12.1. The van der Waals surface area contributed by atoms with Crippen LogP contribution >= 0.6 is 35.0 Å². The van der Waals surface area contributed by atoms with Gasteiger partial charge in [0.25, 0.3) is 0 Å². The second-order valence-corrected chi connectivity index (χ2v) is 15.8. The van der Waals surface area contributed by atoms with Gasteiger partial charge in [-0.2, -0.15) is 0 Å². The van der Waals surface area contributed by atoms with E-state index in [4.69, 9.17) is 23.2 Å². The summed E-state index contributed by atoms with van der Waals surface area (Å²) in [6.07, 6.45) is 7.77. The number of hydrogen-bond acceptors (Lipinski definition) is 7. The third-order valence-corrected chi connectivity index (χ3v) is 11.0. The summed E-state index contributed by atoms with van der Waals surface area (Å²) in [5.74, 6) is 0.200. The molecule has 2 aromatic carbocycles. The van der Waals surface area contributed by atoms with Gasteiger partial charge in [-0.3, -0.25) is 24.0 Å². The van der Waals surface area contributed by atoms with Crippen molar-refractivity contribution < 1.29 is 28.8 Å². The van der Waals surface area contributed by atoms with E-state index >= 15 is 0 Å². The molecule has 15 heteroatoms. The second kappa shape index (κ2) is 25.4. The van der Waals surface area contributed by atoms with Crippen LogP contribution in [0, 0.1) is 5.92 Å². The molecule has 2 unspecified atom stereocenters. The number of nitrogens with one attached hydrogen (secondary N) is 4. The summed E-state index contributed by atoms with van der Waals surface area (Å²) < 4.78 is 0. The van der Waals surface area contributed by atoms with Crippen molar-refractivity contribution in [2.75, 3.05) is 45.0 Å². The summed E-state index contributed by atoms with van der Waals surface area (Å²) >= 11 is 13.4. The van der Waals surface area contributed by atoms with Gasteiger partial charge < -0.3 is 31.1 Å². The standard InChI is InChI=1S/C37H49Cl2N5O5S.C3H7NO/c1-26(45)50-25-35(47)40-17-7-3-6-12-34(46)41-30-15-19-43(20-16-30)37(49)42-33(23-28-13-14-31(38)32(39)22-28)36(48)44-18-8-11-29(24-44)21-27-9-4-2-5-10-27;1-2-4-3-5/h2,4-5,9-10,13-14,22,29-30,33H,3,6-8,11-12,15-21,23-25H2,1H3,(H,40,47)(H,41,46)(H,42,49);3H,2H2,1H3,(H,4,5). The zero-order valence-electron chi connectivity index (χ0n) is 32.0. The predicted molar refractivity (Wildman–Crippen MR) is 219 cm³/mol. The Labute approximate surface area is 339 Å². The van der Waals surface area contributed by atoms with E-state index in [-0.39, 0.29) is 40.7 Å². The second-order valence-electron chi connectivity index (χ2n) is 13.9. The van der Waals surface area contributed by atoms with E-state index in [1.807, 2.05) is 36.1 Å². The molecule has 2 aromatic rings. The van der Waals surface area contributed by atoms with E-state index < -0.39 is 6.04 Å². The summed E-state index contributed by atoms with van der Waals surface area (Å²) in [6, 6.07) is 14.5. The number of likely N-dealkylation sites (tertiary alicyclic amines) is 2. The van der Waals surface area contributed by atoms with Crippen LogP contribution in [-0.4, -0.2) is 102 Å². The van der Waals surface area contributed by atoms with Gasteiger partial charge in [-0.15, -0.1) is 0 Å². The molecule has 2 aliphatic rings. The highest BCUT2D eigenvalue weighted by molar-refractivity contribution is 8.14. The van der Waals surface area contributed by atoms with Crippen LogP contribution in [0.15, 0.2) is 48.5 Å². The van der Waals surface area contributed by atoms with Gasteiger partial charge in [-0.1, -0.05) is 77.8 Å². The zero-order chi connectivity index (χ0) is 40.0. The number of halogens is 2. The molecule has 0 radical (unpaired) electrons. The molecule has 2 saturated heterocycles. The van der Waals surface area contributed by atoms with Gasteiger partial charge in [-0.25, -0.2) is 4.79 Å². The van der Waals surface area contributed by atoms with Crippen LogP contribution in [0.3, 0.4) is 0 Å². The van der Waals surface area contributed by atoms with Crippen LogP contribution in [0.1, 0.15) is 76.3 Å². The maximum absolute atomic E-state index is 14.0. The SMILES string of the molecule is CC(=O)SCC(=O)NCCCCCC(=O)NC1CCN(C(=O)NC(Cc2ccc(Cl)c(Cl)c2)C(=O)N2CCCC(Cc3ccccc3)C2)CC1.CCNC=O. The van der Waals surface area contributed by atoms with Crippen molar-refractivity contribution in [1.82, 2.24) is 31.1 Å². The highest BCUT2D eigenvalue weighted by atomic mass is 35.5. The summed E-state index contributed by atoms with van der Waals surface area (Å²) in [5.41, 5.74) is 2.07. The molecule has 55 heavy (non-hydrogen) atoms. The lowest BCUT2D eigenvalue weighted by molar-refractivity contribution is -0.135. The molecule has 302 valence electrons. The Kier molecular flexibility index (Phi) is 21.0. The number of nitrogens with zero attached hydrogens (tertiary/aromatic N) is 2. The van der Waals surface area contributed by atoms with Gasteiger partial charge in [-0.05, 0) is 81.0 Å². The number of carbonyl (C=O) groups excluding carboxylic acids is 6. The van der Waals surface area contributed by atoms with Crippen molar-refractivity contribution in [3.8, 4) is 0 Å². The molecular weight excluding hydrogens is 763 g/mol. The van der Waals surface area contributed by atoms with Crippen LogP contribution in [0.2, 0.25) is 10.0 Å². The monoisotopic (exact) mass is 818 g/mol. The molecular formula is C40H56Cl2N6O6S. The molecule has 12 nitrogen and oxygen atoms in total. The Morgan fingerprint density at radius 2 is 1.64 bits per heavy atom. The van der Waals surface area contributed by atoms with Gasteiger partial charge in [0.1, 0.15) is 6.04 Å².